The second kappa shape index (κ2) is 7.99. The molecule has 1 aliphatic carbocycles. The highest BCUT2D eigenvalue weighted by atomic mass is 16.1. The van der Waals surface area contributed by atoms with Crippen LogP contribution >= 0.6 is 0 Å². The Bertz CT molecular complexity index is 294. The second-order valence-corrected chi connectivity index (χ2v) is 6.52. The first-order chi connectivity index (χ1) is 9.74. The molecule has 1 amide bonds. The van der Waals surface area contributed by atoms with E-state index in [1.54, 1.807) is 0 Å². The third-order valence-corrected chi connectivity index (χ3v) is 5.01. The molecule has 2 fully saturated rings. The van der Waals surface area contributed by atoms with Crippen molar-refractivity contribution < 1.29 is 4.79 Å². The molecular formula is C16H31N3O. The molecular weight excluding hydrogens is 250 g/mol. The molecule has 2 rings (SSSR count). The van der Waals surface area contributed by atoms with Crippen LogP contribution in [-0.4, -0.2) is 49.6 Å². The van der Waals surface area contributed by atoms with Gasteiger partial charge in [-0.1, -0.05) is 19.3 Å². The standard InChI is InChI=1S/C16H31N3O/c1-17-16(8-3-2-4-9-16)14-15(20)18-10-7-13-19-11-5-6-12-19/h17H,2-14H2,1H3,(H,18,20). The van der Waals surface area contributed by atoms with Crippen LogP contribution in [0.4, 0.5) is 0 Å². The molecule has 1 saturated carbocycles. The van der Waals surface area contributed by atoms with Crippen molar-refractivity contribution in [2.24, 2.45) is 0 Å². The van der Waals surface area contributed by atoms with Gasteiger partial charge in [-0.15, -0.1) is 0 Å². The number of hydrogen-bond acceptors (Lipinski definition) is 3. The van der Waals surface area contributed by atoms with Gasteiger partial charge in [0.25, 0.3) is 0 Å². The molecule has 0 bridgehead atoms. The monoisotopic (exact) mass is 281 g/mol. The Balaban J connectivity index is 1.61. The van der Waals surface area contributed by atoms with Crippen molar-refractivity contribution in [1.82, 2.24) is 15.5 Å². The van der Waals surface area contributed by atoms with E-state index in [9.17, 15) is 4.79 Å². The van der Waals surface area contributed by atoms with Crippen LogP contribution in [0.2, 0.25) is 0 Å². The molecule has 2 N–H and O–H groups in total. The minimum atomic E-state index is 0.0668. The highest BCUT2D eigenvalue weighted by molar-refractivity contribution is 5.77. The molecule has 4 nitrogen and oxygen atoms in total. The molecule has 0 aromatic heterocycles. The van der Waals surface area contributed by atoms with Gasteiger partial charge in [-0.05, 0) is 58.8 Å². The molecule has 1 heterocycles. The zero-order valence-corrected chi connectivity index (χ0v) is 13.0. The summed E-state index contributed by atoms with van der Waals surface area (Å²) in [5.41, 5.74) is 0.0668. The topological polar surface area (TPSA) is 44.4 Å². The lowest BCUT2D eigenvalue weighted by molar-refractivity contribution is -0.122. The third-order valence-electron chi connectivity index (χ3n) is 5.01. The SMILES string of the molecule is CNC1(CC(=O)NCCCN2CCCC2)CCCCC1. The zero-order valence-electron chi connectivity index (χ0n) is 13.0. The van der Waals surface area contributed by atoms with Crippen molar-refractivity contribution in [3.8, 4) is 0 Å². The van der Waals surface area contributed by atoms with Crippen LogP contribution < -0.4 is 10.6 Å². The minimum Gasteiger partial charge on any atom is -0.356 e. The summed E-state index contributed by atoms with van der Waals surface area (Å²) in [5, 5.41) is 6.52. The van der Waals surface area contributed by atoms with Gasteiger partial charge in [0.05, 0.1) is 0 Å². The Morgan fingerprint density at radius 2 is 1.80 bits per heavy atom. The normalized spacial score (nSPS) is 22.9. The van der Waals surface area contributed by atoms with E-state index in [4.69, 9.17) is 0 Å². The van der Waals surface area contributed by atoms with Crippen LogP contribution in [0.3, 0.4) is 0 Å². The Kier molecular flexibility index (Phi) is 6.30. The zero-order chi connectivity index (χ0) is 14.3. The van der Waals surface area contributed by atoms with Crippen LogP contribution in [0.5, 0.6) is 0 Å². The number of nitrogens with zero attached hydrogens (tertiary/aromatic N) is 1. The summed E-state index contributed by atoms with van der Waals surface area (Å²) in [6.45, 7) is 4.46. The smallest absolute Gasteiger partial charge is 0.221 e. The molecule has 116 valence electrons. The maximum atomic E-state index is 12.1. The van der Waals surface area contributed by atoms with Crippen molar-refractivity contribution in [1.29, 1.82) is 0 Å². The molecule has 4 heteroatoms. The Labute approximate surface area is 123 Å². The summed E-state index contributed by atoms with van der Waals surface area (Å²) < 4.78 is 0. The number of rotatable bonds is 7. The fourth-order valence-electron chi connectivity index (χ4n) is 3.65. The Morgan fingerprint density at radius 1 is 1.10 bits per heavy atom. The van der Waals surface area contributed by atoms with Crippen molar-refractivity contribution >= 4 is 5.91 Å². The van der Waals surface area contributed by atoms with E-state index in [0.717, 1.165) is 32.4 Å². The molecule has 20 heavy (non-hydrogen) atoms. The molecule has 1 aliphatic heterocycles. The highest BCUT2D eigenvalue weighted by Crippen LogP contribution is 2.30. The average molecular weight is 281 g/mol. The molecule has 0 unspecified atom stereocenters. The van der Waals surface area contributed by atoms with E-state index in [1.165, 1.54) is 45.2 Å². The number of amides is 1. The number of likely N-dealkylation sites (tertiary alicyclic amines) is 1. The van der Waals surface area contributed by atoms with Gasteiger partial charge in [-0.25, -0.2) is 0 Å². The maximum Gasteiger partial charge on any atom is 0.221 e. The first-order valence-corrected chi connectivity index (χ1v) is 8.42. The fourth-order valence-corrected chi connectivity index (χ4v) is 3.65. The van der Waals surface area contributed by atoms with Crippen LogP contribution in [-0.2, 0) is 4.79 Å². The van der Waals surface area contributed by atoms with E-state index in [2.05, 4.69) is 15.5 Å². The summed E-state index contributed by atoms with van der Waals surface area (Å²) in [6, 6.07) is 0. The van der Waals surface area contributed by atoms with E-state index in [-0.39, 0.29) is 11.4 Å². The van der Waals surface area contributed by atoms with E-state index < -0.39 is 0 Å². The maximum absolute atomic E-state index is 12.1. The van der Waals surface area contributed by atoms with Crippen LogP contribution in [0.15, 0.2) is 0 Å². The molecule has 0 aromatic rings. The van der Waals surface area contributed by atoms with Gasteiger partial charge < -0.3 is 15.5 Å². The van der Waals surface area contributed by atoms with Crippen LogP contribution in [0.25, 0.3) is 0 Å². The number of carbonyl (C=O) groups excluding carboxylic acids is 1. The van der Waals surface area contributed by atoms with Crippen molar-refractivity contribution in [2.45, 2.75) is 63.3 Å². The number of hydrogen-bond donors (Lipinski definition) is 2. The molecule has 2 aliphatic rings. The van der Waals surface area contributed by atoms with Crippen LogP contribution in [0.1, 0.15) is 57.8 Å². The van der Waals surface area contributed by atoms with Gasteiger partial charge in [-0.2, -0.15) is 0 Å². The summed E-state index contributed by atoms with van der Waals surface area (Å²) in [4.78, 5) is 14.6. The second-order valence-electron chi connectivity index (χ2n) is 6.52. The molecule has 1 saturated heterocycles. The molecule has 0 spiro atoms. The van der Waals surface area contributed by atoms with E-state index in [0.29, 0.717) is 6.42 Å². The quantitative estimate of drug-likeness (QED) is 0.701. The van der Waals surface area contributed by atoms with Crippen molar-refractivity contribution in [3.63, 3.8) is 0 Å². The predicted octanol–water partition coefficient (Wildman–Crippen LogP) is 1.90. The van der Waals surface area contributed by atoms with Crippen molar-refractivity contribution in [3.05, 3.63) is 0 Å². The minimum absolute atomic E-state index is 0.0668. The first-order valence-electron chi connectivity index (χ1n) is 8.42. The first kappa shape index (κ1) is 15.8. The Morgan fingerprint density at radius 3 is 2.45 bits per heavy atom. The predicted molar refractivity (Wildman–Crippen MR) is 82.8 cm³/mol. The lowest BCUT2D eigenvalue weighted by atomic mass is 9.79. The van der Waals surface area contributed by atoms with E-state index in [1.807, 2.05) is 7.05 Å². The Hall–Kier alpha value is -0.610. The number of nitrogens with one attached hydrogen (secondary N) is 2. The van der Waals surface area contributed by atoms with Crippen LogP contribution in [0, 0.1) is 0 Å². The largest absolute Gasteiger partial charge is 0.356 e. The summed E-state index contributed by atoms with van der Waals surface area (Å²) in [7, 11) is 2.01. The summed E-state index contributed by atoms with van der Waals surface area (Å²) in [5.74, 6) is 0.225. The molecule has 0 aromatic carbocycles. The number of carbonyl (C=O) groups is 1. The third kappa shape index (κ3) is 4.74. The van der Waals surface area contributed by atoms with E-state index >= 15 is 0 Å². The lowest BCUT2D eigenvalue weighted by Crippen LogP contribution is -2.48. The van der Waals surface area contributed by atoms with Gasteiger partial charge in [0, 0.05) is 18.5 Å². The summed E-state index contributed by atoms with van der Waals surface area (Å²) >= 11 is 0. The van der Waals surface area contributed by atoms with Gasteiger partial charge in [0.2, 0.25) is 5.91 Å². The highest BCUT2D eigenvalue weighted by Gasteiger charge is 2.32. The van der Waals surface area contributed by atoms with Gasteiger partial charge in [0.15, 0.2) is 0 Å². The molecule has 0 atom stereocenters. The summed E-state index contributed by atoms with van der Waals surface area (Å²) in [6.07, 6.45) is 10.5. The van der Waals surface area contributed by atoms with Gasteiger partial charge in [0.1, 0.15) is 0 Å². The average Bonchev–Trinajstić information content (AvgIpc) is 2.98. The van der Waals surface area contributed by atoms with Gasteiger partial charge >= 0.3 is 0 Å². The van der Waals surface area contributed by atoms with Gasteiger partial charge in [-0.3, -0.25) is 4.79 Å². The fraction of sp³-hybridized carbons (Fsp3) is 0.938. The van der Waals surface area contributed by atoms with Crippen molar-refractivity contribution in [2.75, 3.05) is 33.2 Å². The molecule has 0 radical (unpaired) electrons. The lowest BCUT2D eigenvalue weighted by Gasteiger charge is -2.36.